The maximum absolute atomic E-state index is 13.9. The molecule has 2 aliphatic rings. The molecular weight excluding hydrogens is 520 g/mol. The van der Waals surface area contributed by atoms with Crippen LogP contribution in [0.2, 0.25) is 0 Å². The van der Waals surface area contributed by atoms with Crippen molar-refractivity contribution in [1.29, 1.82) is 0 Å². The number of carbonyl (C=O) groups excluding carboxylic acids is 1. The molecule has 4 aromatic rings. The van der Waals surface area contributed by atoms with Crippen LogP contribution in [-0.2, 0) is 10.2 Å². The van der Waals surface area contributed by atoms with Crippen molar-refractivity contribution in [3.8, 4) is 51.7 Å². The summed E-state index contributed by atoms with van der Waals surface area (Å²) in [7, 11) is 1.30. The summed E-state index contributed by atoms with van der Waals surface area (Å²) in [5.41, 5.74) is -0.470. The van der Waals surface area contributed by atoms with E-state index >= 15 is 0 Å². The van der Waals surface area contributed by atoms with Crippen molar-refractivity contribution in [3.05, 3.63) is 88.5 Å². The van der Waals surface area contributed by atoms with Crippen LogP contribution < -0.4 is 14.2 Å². The standard InChI is InChI=1S/C30H22O10/c1-38-27-21(35)7-14(8-22(27)36)5-6-15-9-18(32)12-23-25(15)30(29(37)40-23)26-20(34)11-19(33)13-24(26)39-28(30)16-3-2-4-17(31)10-16/h2-13,28,31-36H,1H3/b6-5+/t28?,30-/m1/s1. The average Bonchev–Trinajstić information content (AvgIpc) is 3.37. The number of aromatic hydroxyl groups is 6. The van der Waals surface area contributed by atoms with Crippen molar-refractivity contribution in [2.45, 2.75) is 11.5 Å². The van der Waals surface area contributed by atoms with Gasteiger partial charge < -0.3 is 44.8 Å². The van der Waals surface area contributed by atoms with Crippen LogP contribution in [-0.4, -0.2) is 43.7 Å². The maximum atomic E-state index is 13.9. The Hall–Kier alpha value is -5.51. The smallest absolute Gasteiger partial charge is 0.331 e. The molecule has 40 heavy (non-hydrogen) atoms. The molecule has 2 atom stereocenters. The number of fused-ring (bicyclic) bond motifs is 4. The average molecular weight is 542 g/mol. The van der Waals surface area contributed by atoms with Gasteiger partial charge in [0.15, 0.2) is 16.9 Å². The van der Waals surface area contributed by atoms with Gasteiger partial charge in [0, 0.05) is 23.8 Å². The van der Waals surface area contributed by atoms with Crippen LogP contribution >= 0.6 is 0 Å². The number of ether oxygens (including phenoxy) is 3. The van der Waals surface area contributed by atoms with Crippen molar-refractivity contribution >= 4 is 18.1 Å². The quantitative estimate of drug-likeness (QED) is 0.123. The summed E-state index contributed by atoms with van der Waals surface area (Å²) in [4.78, 5) is 13.9. The van der Waals surface area contributed by atoms with Gasteiger partial charge in [-0.15, -0.1) is 0 Å². The number of benzene rings is 4. The largest absolute Gasteiger partial charge is 0.508 e. The van der Waals surface area contributed by atoms with Crippen molar-refractivity contribution in [2.24, 2.45) is 0 Å². The summed E-state index contributed by atoms with van der Waals surface area (Å²) in [6.45, 7) is 0. The Kier molecular flexibility index (Phi) is 5.44. The minimum absolute atomic E-state index is 0.0131. The van der Waals surface area contributed by atoms with Gasteiger partial charge in [0.05, 0.1) is 12.7 Å². The number of hydrogen-bond acceptors (Lipinski definition) is 10. The summed E-state index contributed by atoms with van der Waals surface area (Å²) in [6.07, 6.45) is 1.92. The highest BCUT2D eigenvalue weighted by Crippen LogP contribution is 2.63. The molecule has 0 amide bonds. The number of methoxy groups -OCH3 is 1. The van der Waals surface area contributed by atoms with Gasteiger partial charge in [-0.2, -0.15) is 0 Å². The van der Waals surface area contributed by atoms with E-state index in [0.29, 0.717) is 16.7 Å². The molecule has 0 aromatic heterocycles. The fourth-order valence-electron chi connectivity index (χ4n) is 5.54. The van der Waals surface area contributed by atoms with Gasteiger partial charge in [0.2, 0.25) is 5.75 Å². The number of carbonyl (C=O) groups is 1. The molecule has 1 unspecified atom stereocenters. The third-order valence-corrected chi connectivity index (χ3v) is 7.04. The fourth-order valence-corrected chi connectivity index (χ4v) is 5.54. The van der Waals surface area contributed by atoms with E-state index in [0.717, 1.165) is 6.07 Å². The highest BCUT2D eigenvalue weighted by molar-refractivity contribution is 6.00. The lowest BCUT2D eigenvalue weighted by Gasteiger charge is -2.29. The molecule has 6 rings (SSSR count). The van der Waals surface area contributed by atoms with E-state index in [9.17, 15) is 35.4 Å². The molecule has 0 bridgehead atoms. The molecule has 2 heterocycles. The predicted molar refractivity (Wildman–Crippen MR) is 141 cm³/mol. The highest BCUT2D eigenvalue weighted by Gasteiger charge is 2.64. The second-order valence-corrected chi connectivity index (χ2v) is 9.46. The lowest BCUT2D eigenvalue weighted by atomic mass is 9.68. The van der Waals surface area contributed by atoms with E-state index in [-0.39, 0.29) is 57.1 Å². The number of phenolic OH excluding ortho intramolecular Hbond substituents is 6. The van der Waals surface area contributed by atoms with Crippen LogP contribution in [0.5, 0.6) is 51.7 Å². The Labute approximate surface area is 226 Å². The minimum atomic E-state index is -1.81. The number of esters is 1. The number of rotatable bonds is 4. The lowest BCUT2D eigenvalue weighted by molar-refractivity contribution is -0.139. The SMILES string of the molecule is COc1c(O)cc(/C=C/c2cc(O)cc3c2[C@@]2(C(=O)O3)c3c(O)cc(O)cc3OC2c2cccc(O)c2)cc1O. The van der Waals surface area contributed by atoms with Crippen LogP contribution in [0.25, 0.3) is 12.2 Å². The van der Waals surface area contributed by atoms with Crippen LogP contribution in [0.1, 0.15) is 33.9 Å². The Morgan fingerprint density at radius 1 is 0.775 bits per heavy atom. The zero-order valence-corrected chi connectivity index (χ0v) is 20.8. The first-order valence-corrected chi connectivity index (χ1v) is 12.0. The van der Waals surface area contributed by atoms with E-state index in [1.54, 1.807) is 12.1 Å². The molecule has 10 nitrogen and oxygen atoms in total. The first-order valence-electron chi connectivity index (χ1n) is 12.0. The number of hydrogen-bond donors (Lipinski definition) is 6. The monoisotopic (exact) mass is 542 g/mol. The van der Waals surface area contributed by atoms with Crippen molar-refractivity contribution in [2.75, 3.05) is 7.11 Å². The van der Waals surface area contributed by atoms with Crippen LogP contribution in [0.15, 0.2) is 60.7 Å². The van der Waals surface area contributed by atoms with Gasteiger partial charge in [-0.1, -0.05) is 24.3 Å². The van der Waals surface area contributed by atoms with Crippen LogP contribution in [0.3, 0.4) is 0 Å². The molecule has 0 aliphatic carbocycles. The molecule has 10 heteroatoms. The Morgan fingerprint density at radius 2 is 1.48 bits per heavy atom. The first-order chi connectivity index (χ1) is 19.1. The zero-order valence-electron chi connectivity index (χ0n) is 20.8. The molecule has 0 saturated carbocycles. The highest BCUT2D eigenvalue weighted by atomic mass is 16.6. The van der Waals surface area contributed by atoms with E-state index in [1.807, 2.05) is 0 Å². The van der Waals surface area contributed by atoms with Gasteiger partial charge >= 0.3 is 5.97 Å². The van der Waals surface area contributed by atoms with Crippen molar-refractivity contribution in [1.82, 2.24) is 0 Å². The molecule has 4 aromatic carbocycles. The van der Waals surface area contributed by atoms with Gasteiger partial charge in [0.1, 0.15) is 40.6 Å². The molecule has 2 aliphatic heterocycles. The van der Waals surface area contributed by atoms with Gasteiger partial charge in [-0.3, -0.25) is 4.79 Å². The van der Waals surface area contributed by atoms with Crippen molar-refractivity contribution < 1.29 is 49.6 Å². The molecule has 202 valence electrons. The topological polar surface area (TPSA) is 166 Å². The first kappa shape index (κ1) is 24.8. The maximum Gasteiger partial charge on any atom is 0.331 e. The number of phenols is 6. The third-order valence-electron chi connectivity index (χ3n) is 7.04. The Morgan fingerprint density at radius 3 is 2.17 bits per heavy atom. The van der Waals surface area contributed by atoms with E-state index in [4.69, 9.17) is 14.2 Å². The van der Waals surface area contributed by atoms with Gasteiger partial charge in [-0.05, 0) is 47.0 Å². The molecule has 0 saturated heterocycles. The second kappa shape index (κ2) is 8.77. The second-order valence-electron chi connectivity index (χ2n) is 9.46. The minimum Gasteiger partial charge on any atom is -0.508 e. The molecule has 6 N–H and O–H groups in total. The summed E-state index contributed by atoms with van der Waals surface area (Å²) < 4.78 is 16.8. The van der Waals surface area contributed by atoms with E-state index in [2.05, 4.69) is 0 Å². The zero-order chi connectivity index (χ0) is 28.3. The normalized spacial score (nSPS) is 18.9. The lowest BCUT2D eigenvalue weighted by Crippen LogP contribution is -2.40. The van der Waals surface area contributed by atoms with Crippen LogP contribution in [0, 0.1) is 0 Å². The predicted octanol–water partition coefficient (Wildman–Crippen LogP) is 4.44. The summed E-state index contributed by atoms with van der Waals surface area (Å²) >= 11 is 0. The van der Waals surface area contributed by atoms with Gasteiger partial charge in [-0.25, -0.2) is 0 Å². The summed E-state index contributed by atoms with van der Waals surface area (Å²) in [5, 5.41) is 62.3. The molecule has 0 radical (unpaired) electrons. The van der Waals surface area contributed by atoms with Gasteiger partial charge in [0.25, 0.3) is 0 Å². The molecule has 0 fully saturated rings. The van der Waals surface area contributed by atoms with Crippen molar-refractivity contribution in [3.63, 3.8) is 0 Å². The Bertz CT molecular complexity index is 1720. The third kappa shape index (κ3) is 3.53. The summed E-state index contributed by atoms with van der Waals surface area (Å²) in [6, 6.07) is 13.8. The summed E-state index contributed by atoms with van der Waals surface area (Å²) in [5.74, 6) is -2.48. The Balaban J connectivity index is 1.61. The molecular formula is C30H22O10. The van der Waals surface area contributed by atoms with Crippen LogP contribution in [0.4, 0.5) is 0 Å². The van der Waals surface area contributed by atoms with E-state index in [1.165, 1.54) is 61.7 Å². The van der Waals surface area contributed by atoms with E-state index < -0.39 is 23.2 Å². The fraction of sp³-hybridized carbons (Fsp3) is 0.100. The molecule has 1 spiro atoms.